The summed E-state index contributed by atoms with van der Waals surface area (Å²) < 4.78 is 5.03. The third-order valence-corrected chi connectivity index (χ3v) is 2.42. The molecular formula is C11H10N4O5. The molecule has 0 aliphatic carbocycles. The van der Waals surface area contributed by atoms with Crippen LogP contribution in [0.5, 0.6) is 0 Å². The highest BCUT2D eigenvalue weighted by Crippen LogP contribution is 2.21. The fourth-order valence-corrected chi connectivity index (χ4v) is 1.49. The summed E-state index contributed by atoms with van der Waals surface area (Å²) in [6, 6.07) is 5.47. The number of furan rings is 1. The average Bonchev–Trinajstić information content (AvgIpc) is 2.85. The number of anilines is 2. The van der Waals surface area contributed by atoms with Crippen LogP contribution in [0.4, 0.5) is 17.3 Å². The van der Waals surface area contributed by atoms with Crippen molar-refractivity contribution in [1.82, 2.24) is 4.98 Å². The van der Waals surface area contributed by atoms with Gasteiger partial charge < -0.3 is 20.6 Å². The molecule has 2 heterocycles. The number of nitrogens with zero attached hydrogens (tertiary/aromatic N) is 2. The first-order chi connectivity index (χ1) is 9.47. The van der Waals surface area contributed by atoms with Crippen molar-refractivity contribution in [3.8, 4) is 0 Å². The summed E-state index contributed by atoms with van der Waals surface area (Å²) in [5.41, 5.74) is 5.16. The van der Waals surface area contributed by atoms with E-state index in [0.29, 0.717) is 11.6 Å². The fourth-order valence-electron chi connectivity index (χ4n) is 1.49. The number of hydrogen-bond donors (Lipinski definition) is 3. The molecule has 0 spiro atoms. The zero-order chi connectivity index (χ0) is 14.7. The summed E-state index contributed by atoms with van der Waals surface area (Å²) in [4.78, 5) is 24.4. The standard InChI is InChI=1S/C11H10N4O5/c12-10-7(15(18)19)2-4-9(14-10)13-5-6-1-3-8(20-6)11(16)17/h1-4H,5H2,(H,16,17)(H3,12,13,14). The number of nitro groups is 1. The van der Waals surface area contributed by atoms with Crippen molar-refractivity contribution in [2.75, 3.05) is 11.1 Å². The van der Waals surface area contributed by atoms with E-state index in [4.69, 9.17) is 15.3 Å². The Hall–Kier alpha value is -3.10. The Kier molecular flexibility index (Phi) is 3.51. The van der Waals surface area contributed by atoms with E-state index in [1.54, 1.807) is 0 Å². The van der Waals surface area contributed by atoms with Crippen LogP contribution in [0.3, 0.4) is 0 Å². The number of carboxylic acids is 1. The van der Waals surface area contributed by atoms with E-state index in [2.05, 4.69) is 10.3 Å². The van der Waals surface area contributed by atoms with Gasteiger partial charge in [0.25, 0.3) is 0 Å². The molecule has 9 nitrogen and oxygen atoms in total. The Bertz CT molecular complexity index is 667. The average molecular weight is 278 g/mol. The van der Waals surface area contributed by atoms with Crippen LogP contribution < -0.4 is 11.1 Å². The van der Waals surface area contributed by atoms with Crippen LogP contribution in [-0.2, 0) is 6.54 Å². The fraction of sp³-hybridized carbons (Fsp3) is 0.0909. The van der Waals surface area contributed by atoms with Gasteiger partial charge >= 0.3 is 11.7 Å². The molecule has 0 saturated heterocycles. The van der Waals surface area contributed by atoms with Crippen LogP contribution in [0.25, 0.3) is 0 Å². The molecule has 0 amide bonds. The van der Waals surface area contributed by atoms with Crippen LogP contribution in [-0.4, -0.2) is 21.0 Å². The van der Waals surface area contributed by atoms with Gasteiger partial charge in [0.15, 0.2) is 0 Å². The molecule has 0 radical (unpaired) electrons. The van der Waals surface area contributed by atoms with E-state index < -0.39 is 10.9 Å². The second kappa shape index (κ2) is 5.26. The van der Waals surface area contributed by atoms with Crippen molar-refractivity contribution in [3.63, 3.8) is 0 Å². The lowest BCUT2D eigenvalue weighted by Gasteiger charge is -2.04. The summed E-state index contributed by atoms with van der Waals surface area (Å²) in [5.74, 6) is -0.819. The van der Waals surface area contributed by atoms with Gasteiger partial charge in [0.05, 0.1) is 11.5 Å². The van der Waals surface area contributed by atoms with Crippen molar-refractivity contribution in [1.29, 1.82) is 0 Å². The molecule has 0 atom stereocenters. The first kappa shape index (κ1) is 13.3. The monoisotopic (exact) mass is 278 g/mol. The lowest BCUT2D eigenvalue weighted by atomic mass is 10.3. The molecule has 2 aromatic rings. The van der Waals surface area contributed by atoms with Gasteiger partial charge in [0.1, 0.15) is 11.6 Å². The summed E-state index contributed by atoms with van der Waals surface area (Å²) in [7, 11) is 0. The molecule has 0 fully saturated rings. The molecule has 0 aliphatic rings. The van der Waals surface area contributed by atoms with E-state index in [-0.39, 0.29) is 23.8 Å². The van der Waals surface area contributed by atoms with Gasteiger partial charge in [-0.2, -0.15) is 0 Å². The lowest BCUT2D eigenvalue weighted by Crippen LogP contribution is -2.04. The molecule has 9 heteroatoms. The number of aromatic nitrogens is 1. The van der Waals surface area contributed by atoms with E-state index in [1.807, 2.05) is 0 Å². The molecule has 4 N–H and O–H groups in total. The summed E-state index contributed by atoms with van der Waals surface area (Å²) in [6.45, 7) is 0.178. The van der Waals surface area contributed by atoms with E-state index >= 15 is 0 Å². The first-order valence-electron chi connectivity index (χ1n) is 5.44. The topological polar surface area (TPSA) is 145 Å². The predicted molar refractivity (Wildman–Crippen MR) is 68.3 cm³/mol. The van der Waals surface area contributed by atoms with Gasteiger partial charge in [0.2, 0.25) is 11.6 Å². The second-order valence-electron chi connectivity index (χ2n) is 3.78. The third-order valence-electron chi connectivity index (χ3n) is 2.42. The van der Waals surface area contributed by atoms with Gasteiger partial charge in [0, 0.05) is 6.07 Å². The normalized spacial score (nSPS) is 10.2. The zero-order valence-electron chi connectivity index (χ0n) is 10.1. The number of carboxylic acid groups (broad SMARTS) is 1. The predicted octanol–water partition coefficient (Wildman–Crippen LogP) is 1.48. The van der Waals surface area contributed by atoms with Crippen molar-refractivity contribution >= 4 is 23.3 Å². The minimum Gasteiger partial charge on any atom is -0.475 e. The maximum Gasteiger partial charge on any atom is 0.371 e. The van der Waals surface area contributed by atoms with Crippen LogP contribution >= 0.6 is 0 Å². The van der Waals surface area contributed by atoms with E-state index in [1.165, 1.54) is 24.3 Å². The van der Waals surface area contributed by atoms with Crippen molar-refractivity contribution in [2.24, 2.45) is 0 Å². The van der Waals surface area contributed by atoms with Gasteiger partial charge in [-0.05, 0) is 18.2 Å². The minimum absolute atomic E-state index is 0.169. The number of carbonyl (C=O) groups is 1. The number of nitrogens with one attached hydrogen (secondary N) is 1. The van der Waals surface area contributed by atoms with Gasteiger partial charge in [-0.15, -0.1) is 0 Å². The van der Waals surface area contributed by atoms with E-state index in [9.17, 15) is 14.9 Å². The Labute approximate surface area is 112 Å². The summed E-state index contributed by atoms with van der Waals surface area (Å²) >= 11 is 0. The van der Waals surface area contributed by atoms with Gasteiger partial charge in [-0.1, -0.05) is 0 Å². The molecule has 0 unspecified atom stereocenters. The number of aromatic carboxylic acids is 1. The maximum absolute atomic E-state index is 10.6. The molecule has 0 aliphatic heterocycles. The van der Waals surface area contributed by atoms with Crippen LogP contribution in [0.15, 0.2) is 28.7 Å². The summed E-state index contributed by atoms with van der Waals surface area (Å²) in [5, 5.41) is 22.1. The highest BCUT2D eigenvalue weighted by molar-refractivity contribution is 5.84. The minimum atomic E-state index is -1.16. The Balaban J connectivity index is 2.05. The van der Waals surface area contributed by atoms with Crippen LogP contribution in [0, 0.1) is 10.1 Å². The number of hydrogen-bond acceptors (Lipinski definition) is 7. The number of pyridine rings is 1. The molecule has 0 aromatic carbocycles. The Morgan fingerprint density at radius 1 is 1.45 bits per heavy atom. The summed E-state index contributed by atoms with van der Waals surface area (Å²) in [6.07, 6.45) is 0. The molecule has 0 saturated carbocycles. The zero-order valence-corrected chi connectivity index (χ0v) is 10.1. The number of rotatable bonds is 5. The molecule has 104 valence electrons. The van der Waals surface area contributed by atoms with Crippen molar-refractivity contribution < 1.29 is 19.2 Å². The van der Waals surface area contributed by atoms with E-state index in [0.717, 1.165) is 0 Å². The maximum atomic E-state index is 10.6. The third kappa shape index (κ3) is 2.83. The van der Waals surface area contributed by atoms with Crippen LogP contribution in [0.2, 0.25) is 0 Å². The molecule has 2 rings (SSSR count). The molecule has 20 heavy (non-hydrogen) atoms. The quantitative estimate of drug-likeness (QED) is 0.550. The highest BCUT2D eigenvalue weighted by Gasteiger charge is 2.13. The lowest BCUT2D eigenvalue weighted by molar-refractivity contribution is -0.384. The first-order valence-corrected chi connectivity index (χ1v) is 5.44. The second-order valence-corrected chi connectivity index (χ2v) is 3.78. The number of nitrogen functional groups attached to an aromatic ring is 1. The smallest absolute Gasteiger partial charge is 0.371 e. The van der Waals surface area contributed by atoms with Gasteiger partial charge in [-0.3, -0.25) is 10.1 Å². The molecule has 2 aromatic heterocycles. The SMILES string of the molecule is Nc1nc(NCc2ccc(C(=O)O)o2)ccc1[N+](=O)[O-]. The van der Waals surface area contributed by atoms with Crippen molar-refractivity contribution in [2.45, 2.75) is 6.54 Å². The van der Waals surface area contributed by atoms with Crippen LogP contribution in [0.1, 0.15) is 16.3 Å². The number of nitrogens with two attached hydrogens (primary N) is 1. The Morgan fingerprint density at radius 3 is 2.75 bits per heavy atom. The molecule has 0 bridgehead atoms. The Morgan fingerprint density at radius 2 is 2.20 bits per heavy atom. The molecular weight excluding hydrogens is 268 g/mol. The largest absolute Gasteiger partial charge is 0.475 e. The highest BCUT2D eigenvalue weighted by atomic mass is 16.6. The van der Waals surface area contributed by atoms with Crippen molar-refractivity contribution in [3.05, 3.63) is 45.9 Å². The van der Waals surface area contributed by atoms with Gasteiger partial charge in [-0.25, -0.2) is 9.78 Å².